The lowest BCUT2D eigenvalue weighted by atomic mass is 10.0. The quantitative estimate of drug-likeness (QED) is 0.832. The van der Waals surface area contributed by atoms with E-state index < -0.39 is 0 Å². The van der Waals surface area contributed by atoms with Gasteiger partial charge in [-0.3, -0.25) is 4.79 Å². The number of hydrogen-bond acceptors (Lipinski definition) is 2. The summed E-state index contributed by atoms with van der Waals surface area (Å²) in [4.78, 5) is 12.0. The van der Waals surface area contributed by atoms with Crippen molar-refractivity contribution >= 4 is 5.91 Å². The number of hydrogen-bond donors (Lipinski definition) is 1. The van der Waals surface area contributed by atoms with Crippen LogP contribution in [0.4, 0.5) is 0 Å². The average Bonchev–Trinajstić information content (AvgIpc) is 2.56. The second kappa shape index (κ2) is 8.37. The third kappa shape index (κ3) is 5.44. The normalized spacial score (nSPS) is 11.8. The van der Waals surface area contributed by atoms with E-state index in [1.807, 2.05) is 38.1 Å². The second-order valence-corrected chi connectivity index (χ2v) is 5.80. The van der Waals surface area contributed by atoms with Gasteiger partial charge in [0.15, 0.2) is 0 Å². The zero-order chi connectivity index (χ0) is 16.7. The predicted octanol–water partition coefficient (Wildman–Crippen LogP) is 4.20. The molecule has 0 saturated heterocycles. The van der Waals surface area contributed by atoms with Crippen LogP contribution in [0.3, 0.4) is 0 Å². The molecule has 0 spiro atoms. The van der Waals surface area contributed by atoms with Gasteiger partial charge in [0, 0.05) is 0 Å². The number of rotatable bonds is 7. The Balaban J connectivity index is 1.76. The average molecular weight is 311 g/mol. The molecule has 1 amide bonds. The minimum atomic E-state index is 0.00387. The minimum absolute atomic E-state index is 0.00387. The summed E-state index contributed by atoms with van der Waals surface area (Å²) in [6.07, 6.45) is 1.38. The van der Waals surface area contributed by atoms with E-state index in [0.717, 1.165) is 17.7 Å². The van der Waals surface area contributed by atoms with Crippen LogP contribution < -0.4 is 10.1 Å². The van der Waals surface area contributed by atoms with Gasteiger partial charge in [-0.1, -0.05) is 48.9 Å². The molecule has 0 radical (unpaired) electrons. The van der Waals surface area contributed by atoms with Crippen molar-refractivity contribution in [1.82, 2.24) is 5.32 Å². The Hall–Kier alpha value is -2.29. The van der Waals surface area contributed by atoms with Crippen LogP contribution >= 0.6 is 0 Å². The Bertz CT molecular complexity index is 617. The lowest BCUT2D eigenvalue weighted by Crippen LogP contribution is -2.27. The highest BCUT2D eigenvalue weighted by Crippen LogP contribution is 2.14. The van der Waals surface area contributed by atoms with Crippen molar-refractivity contribution < 1.29 is 9.53 Å². The molecule has 0 aromatic heterocycles. The van der Waals surface area contributed by atoms with Crippen molar-refractivity contribution in [3.8, 4) is 5.75 Å². The summed E-state index contributed by atoms with van der Waals surface area (Å²) in [5.74, 6) is 0.802. The summed E-state index contributed by atoms with van der Waals surface area (Å²) in [5.41, 5.74) is 3.62. The van der Waals surface area contributed by atoms with Crippen LogP contribution in [-0.2, 0) is 11.2 Å². The number of nitrogens with one attached hydrogen (secondary N) is 1. The van der Waals surface area contributed by atoms with E-state index in [9.17, 15) is 4.79 Å². The largest absolute Gasteiger partial charge is 0.493 e. The monoisotopic (exact) mass is 311 g/mol. The van der Waals surface area contributed by atoms with Crippen molar-refractivity contribution in [2.45, 2.75) is 39.7 Å². The van der Waals surface area contributed by atoms with Gasteiger partial charge in [-0.15, -0.1) is 0 Å². The van der Waals surface area contributed by atoms with Crippen molar-refractivity contribution in [3.05, 3.63) is 65.2 Å². The maximum absolute atomic E-state index is 12.0. The second-order valence-electron chi connectivity index (χ2n) is 5.80. The van der Waals surface area contributed by atoms with Crippen LogP contribution in [0.5, 0.6) is 5.75 Å². The van der Waals surface area contributed by atoms with Gasteiger partial charge in [-0.05, 0) is 43.5 Å². The molecule has 0 bridgehead atoms. The van der Waals surface area contributed by atoms with Gasteiger partial charge in [0.1, 0.15) is 5.75 Å². The van der Waals surface area contributed by atoms with Gasteiger partial charge in [-0.2, -0.15) is 0 Å². The Labute approximate surface area is 138 Å². The topological polar surface area (TPSA) is 38.3 Å². The first-order valence-electron chi connectivity index (χ1n) is 8.16. The summed E-state index contributed by atoms with van der Waals surface area (Å²) in [6.45, 7) is 6.55. The van der Waals surface area contributed by atoms with E-state index in [-0.39, 0.29) is 11.9 Å². The van der Waals surface area contributed by atoms with Gasteiger partial charge in [0.05, 0.1) is 19.1 Å². The van der Waals surface area contributed by atoms with Gasteiger partial charge in [0.2, 0.25) is 5.91 Å². The fourth-order valence-corrected chi connectivity index (χ4v) is 2.34. The molecule has 2 aromatic rings. The zero-order valence-corrected chi connectivity index (χ0v) is 14.1. The number of amides is 1. The van der Waals surface area contributed by atoms with E-state index >= 15 is 0 Å². The SMILES string of the molecule is CCc1ccc(C(C)NC(=O)CCOc2ccc(C)cc2)cc1. The smallest absolute Gasteiger partial charge is 0.223 e. The van der Waals surface area contributed by atoms with Crippen LogP contribution in [0.25, 0.3) is 0 Å². The summed E-state index contributed by atoms with van der Waals surface area (Å²) in [6, 6.07) is 16.2. The highest BCUT2D eigenvalue weighted by molar-refractivity contribution is 5.76. The van der Waals surface area contributed by atoms with Crippen molar-refractivity contribution in [1.29, 1.82) is 0 Å². The molecule has 1 atom stereocenters. The van der Waals surface area contributed by atoms with Crippen molar-refractivity contribution in [3.63, 3.8) is 0 Å². The van der Waals surface area contributed by atoms with E-state index in [2.05, 4.69) is 36.5 Å². The number of carbonyl (C=O) groups is 1. The minimum Gasteiger partial charge on any atom is -0.493 e. The standard InChI is InChI=1S/C20H25NO2/c1-4-17-7-9-18(10-8-17)16(3)21-20(22)13-14-23-19-11-5-15(2)6-12-19/h5-12,16H,4,13-14H2,1-3H3,(H,21,22). The number of benzene rings is 2. The molecular formula is C20H25NO2. The van der Waals surface area contributed by atoms with Crippen LogP contribution in [-0.4, -0.2) is 12.5 Å². The zero-order valence-electron chi connectivity index (χ0n) is 14.1. The van der Waals surface area contributed by atoms with Crippen LogP contribution in [0.2, 0.25) is 0 Å². The molecule has 0 aliphatic rings. The summed E-state index contributed by atoms with van der Waals surface area (Å²) >= 11 is 0. The lowest BCUT2D eigenvalue weighted by molar-refractivity contribution is -0.122. The Morgan fingerprint density at radius 3 is 2.35 bits per heavy atom. The maximum Gasteiger partial charge on any atom is 0.223 e. The van der Waals surface area contributed by atoms with Crippen LogP contribution in [0.1, 0.15) is 43.0 Å². The first-order chi connectivity index (χ1) is 11.1. The molecule has 3 heteroatoms. The van der Waals surface area contributed by atoms with Crippen LogP contribution in [0, 0.1) is 6.92 Å². The molecule has 0 heterocycles. The van der Waals surface area contributed by atoms with Gasteiger partial charge >= 0.3 is 0 Å². The van der Waals surface area contributed by atoms with E-state index in [0.29, 0.717) is 13.0 Å². The fraction of sp³-hybridized carbons (Fsp3) is 0.350. The molecule has 23 heavy (non-hydrogen) atoms. The Morgan fingerprint density at radius 2 is 1.74 bits per heavy atom. The molecule has 0 fully saturated rings. The molecule has 122 valence electrons. The third-order valence-corrected chi connectivity index (χ3v) is 3.88. The predicted molar refractivity (Wildman–Crippen MR) is 93.7 cm³/mol. The highest BCUT2D eigenvalue weighted by atomic mass is 16.5. The molecule has 2 rings (SSSR count). The Kier molecular flexibility index (Phi) is 6.21. The fourth-order valence-electron chi connectivity index (χ4n) is 2.34. The molecule has 3 nitrogen and oxygen atoms in total. The highest BCUT2D eigenvalue weighted by Gasteiger charge is 2.09. The molecule has 2 aromatic carbocycles. The molecule has 0 aliphatic carbocycles. The van der Waals surface area contributed by atoms with Crippen molar-refractivity contribution in [2.24, 2.45) is 0 Å². The van der Waals surface area contributed by atoms with Crippen LogP contribution in [0.15, 0.2) is 48.5 Å². The van der Waals surface area contributed by atoms with E-state index in [1.54, 1.807) is 0 Å². The molecular weight excluding hydrogens is 286 g/mol. The van der Waals surface area contributed by atoms with Crippen molar-refractivity contribution in [2.75, 3.05) is 6.61 Å². The maximum atomic E-state index is 12.0. The first-order valence-corrected chi connectivity index (χ1v) is 8.16. The van der Waals surface area contributed by atoms with E-state index in [1.165, 1.54) is 11.1 Å². The van der Waals surface area contributed by atoms with E-state index in [4.69, 9.17) is 4.74 Å². The molecule has 0 aliphatic heterocycles. The third-order valence-electron chi connectivity index (χ3n) is 3.88. The van der Waals surface area contributed by atoms with Gasteiger partial charge in [-0.25, -0.2) is 0 Å². The lowest BCUT2D eigenvalue weighted by Gasteiger charge is -2.15. The summed E-state index contributed by atoms with van der Waals surface area (Å²) < 4.78 is 5.59. The summed E-state index contributed by atoms with van der Waals surface area (Å²) in [7, 11) is 0. The number of ether oxygens (including phenoxy) is 1. The number of carbonyl (C=O) groups excluding carboxylic acids is 1. The molecule has 0 saturated carbocycles. The van der Waals surface area contributed by atoms with Gasteiger partial charge < -0.3 is 10.1 Å². The first kappa shape index (κ1) is 17.1. The van der Waals surface area contributed by atoms with Gasteiger partial charge in [0.25, 0.3) is 0 Å². The molecule has 1 unspecified atom stereocenters. The molecule has 1 N–H and O–H groups in total. The Morgan fingerprint density at radius 1 is 1.09 bits per heavy atom. The summed E-state index contributed by atoms with van der Waals surface area (Å²) in [5, 5.41) is 3.01. The number of aryl methyl sites for hydroxylation is 2.